The van der Waals surface area contributed by atoms with Crippen LogP contribution in [0.25, 0.3) is 11.3 Å². The zero-order chi connectivity index (χ0) is 23.0. The molecule has 0 spiro atoms. The van der Waals surface area contributed by atoms with Crippen molar-refractivity contribution in [3.8, 4) is 11.3 Å². The molecule has 0 aliphatic carbocycles. The number of carbonyl (C=O) groups excluding carboxylic acids is 2. The SMILES string of the molecule is C[C@@H]1C[C@@H](NC(=O)c2ncc(-c3cccc(C(F)(F)F)c3)o2)CN1C(=O)OC(C)(C)C. The summed E-state index contributed by atoms with van der Waals surface area (Å²) < 4.78 is 49.5. The molecule has 2 atom stereocenters. The minimum absolute atomic E-state index is 0.0476. The first-order valence-electron chi connectivity index (χ1n) is 9.77. The lowest BCUT2D eigenvalue weighted by molar-refractivity contribution is -0.137. The van der Waals surface area contributed by atoms with Gasteiger partial charge in [0.15, 0.2) is 5.76 Å². The molecule has 1 aromatic heterocycles. The predicted molar refractivity (Wildman–Crippen MR) is 105 cm³/mol. The largest absolute Gasteiger partial charge is 0.444 e. The van der Waals surface area contributed by atoms with Crippen molar-refractivity contribution < 1.29 is 31.9 Å². The van der Waals surface area contributed by atoms with E-state index >= 15 is 0 Å². The van der Waals surface area contributed by atoms with Crippen LogP contribution < -0.4 is 5.32 Å². The number of ether oxygens (including phenoxy) is 1. The van der Waals surface area contributed by atoms with Crippen LogP contribution in [0.2, 0.25) is 0 Å². The van der Waals surface area contributed by atoms with Crippen LogP contribution in [0.15, 0.2) is 34.9 Å². The van der Waals surface area contributed by atoms with Gasteiger partial charge in [-0.05, 0) is 46.2 Å². The monoisotopic (exact) mass is 439 g/mol. The maximum absolute atomic E-state index is 12.9. The number of hydrogen-bond donors (Lipinski definition) is 1. The number of alkyl halides is 3. The molecule has 10 heteroatoms. The van der Waals surface area contributed by atoms with Gasteiger partial charge in [0.2, 0.25) is 0 Å². The average Bonchev–Trinajstić information content (AvgIpc) is 3.27. The molecule has 31 heavy (non-hydrogen) atoms. The molecule has 1 aliphatic heterocycles. The maximum Gasteiger partial charge on any atom is 0.416 e. The summed E-state index contributed by atoms with van der Waals surface area (Å²) in [7, 11) is 0. The molecule has 168 valence electrons. The van der Waals surface area contributed by atoms with Gasteiger partial charge in [-0.2, -0.15) is 13.2 Å². The molecule has 3 rings (SSSR count). The standard InChI is InChI=1S/C21H24F3N3O4/c1-12-8-15(11-27(12)19(29)31-20(2,3)4)26-17(28)18-25-10-16(30-18)13-6-5-7-14(9-13)21(22,23)24/h5-7,9-10,12,15H,8,11H2,1-4H3,(H,26,28)/t12-,15-/m1/s1. The van der Waals surface area contributed by atoms with E-state index in [-0.39, 0.29) is 35.8 Å². The Morgan fingerprint density at radius 3 is 2.61 bits per heavy atom. The van der Waals surface area contributed by atoms with Gasteiger partial charge in [0, 0.05) is 24.2 Å². The molecule has 1 fully saturated rings. The molecule has 7 nitrogen and oxygen atoms in total. The van der Waals surface area contributed by atoms with E-state index in [1.54, 1.807) is 25.7 Å². The number of amides is 2. The Bertz CT molecular complexity index is 965. The third-order valence-electron chi connectivity index (χ3n) is 4.71. The van der Waals surface area contributed by atoms with Crippen molar-refractivity contribution in [3.63, 3.8) is 0 Å². The van der Waals surface area contributed by atoms with Crippen molar-refractivity contribution in [3.05, 3.63) is 41.9 Å². The van der Waals surface area contributed by atoms with Gasteiger partial charge in [-0.15, -0.1) is 0 Å². The molecule has 1 N–H and O–H groups in total. The second kappa shape index (κ2) is 8.24. The fourth-order valence-electron chi connectivity index (χ4n) is 3.32. The number of halogens is 3. The van der Waals surface area contributed by atoms with Gasteiger partial charge < -0.3 is 19.4 Å². The molecule has 0 saturated carbocycles. The van der Waals surface area contributed by atoms with Gasteiger partial charge in [0.1, 0.15) is 5.60 Å². The lowest BCUT2D eigenvalue weighted by Gasteiger charge is -2.26. The Balaban J connectivity index is 1.65. The smallest absolute Gasteiger partial charge is 0.416 e. The number of likely N-dealkylation sites (tertiary alicyclic amines) is 1. The minimum Gasteiger partial charge on any atom is -0.444 e. The molecular formula is C21H24F3N3O4. The number of oxazole rings is 1. The summed E-state index contributed by atoms with van der Waals surface area (Å²) in [6.45, 7) is 7.44. The second-order valence-corrected chi connectivity index (χ2v) is 8.50. The number of hydrogen-bond acceptors (Lipinski definition) is 5. The van der Waals surface area contributed by atoms with Crippen molar-refractivity contribution in [1.82, 2.24) is 15.2 Å². The molecule has 1 aromatic carbocycles. The number of nitrogens with zero attached hydrogens (tertiary/aromatic N) is 2. The predicted octanol–water partition coefficient (Wildman–Crippen LogP) is 4.49. The highest BCUT2D eigenvalue weighted by atomic mass is 19.4. The molecule has 2 aromatic rings. The van der Waals surface area contributed by atoms with Crippen molar-refractivity contribution in [2.75, 3.05) is 6.54 Å². The quantitative estimate of drug-likeness (QED) is 0.762. The van der Waals surface area contributed by atoms with E-state index < -0.39 is 29.3 Å². The molecule has 2 amide bonds. The number of benzene rings is 1. The molecule has 1 saturated heterocycles. The van der Waals surface area contributed by atoms with Crippen LogP contribution in [-0.2, 0) is 10.9 Å². The highest BCUT2D eigenvalue weighted by Crippen LogP contribution is 2.32. The summed E-state index contributed by atoms with van der Waals surface area (Å²) in [4.78, 5) is 30.2. The first-order chi connectivity index (χ1) is 14.3. The number of nitrogens with one attached hydrogen (secondary N) is 1. The number of aromatic nitrogens is 1. The summed E-state index contributed by atoms with van der Waals surface area (Å²) in [5, 5.41) is 2.75. The maximum atomic E-state index is 12.9. The van der Waals surface area contributed by atoms with E-state index in [2.05, 4.69) is 10.3 Å². The van der Waals surface area contributed by atoms with Crippen molar-refractivity contribution in [2.45, 2.75) is 58.0 Å². The lowest BCUT2D eigenvalue weighted by atomic mass is 10.1. The summed E-state index contributed by atoms with van der Waals surface area (Å²) in [6, 6.07) is 4.11. The number of carbonyl (C=O) groups is 2. The lowest BCUT2D eigenvalue weighted by Crippen LogP contribution is -2.41. The van der Waals surface area contributed by atoms with E-state index in [0.717, 1.165) is 12.1 Å². The Kier molecular flexibility index (Phi) is 6.02. The van der Waals surface area contributed by atoms with Gasteiger partial charge >= 0.3 is 18.2 Å². The Hall–Kier alpha value is -3.04. The first kappa shape index (κ1) is 22.6. The van der Waals surface area contributed by atoms with Crippen LogP contribution in [0.5, 0.6) is 0 Å². The minimum atomic E-state index is -4.49. The zero-order valence-electron chi connectivity index (χ0n) is 17.6. The van der Waals surface area contributed by atoms with Crippen molar-refractivity contribution in [1.29, 1.82) is 0 Å². The average molecular weight is 439 g/mol. The van der Waals surface area contributed by atoms with E-state index in [4.69, 9.17) is 9.15 Å². The van der Waals surface area contributed by atoms with Crippen molar-refractivity contribution in [2.24, 2.45) is 0 Å². The van der Waals surface area contributed by atoms with E-state index in [9.17, 15) is 22.8 Å². The summed E-state index contributed by atoms with van der Waals surface area (Å²) in [5.41, 5.74) is -1.29. The molecular weight excluding hydrogens is 415 g/mol. The summed E-state index contributed by atoms with van der Waals surface area (Å²) in [5.74, 6) is -0.830. The van der Waals surface area contributed by atoms with Crippen LogP contribution in [0.1, 0.15) is 50.4 Å². The van der Waals surface area contributed by atoms with Gasteiger partial charge in [-0.25, -0.2) is 9.78 Å². The second-order valence-electron chi connectivity index (χ2n) is 8.50. The van der Waals surface area contributed by atoms with Crippen molar-refractivity contribution >= 4 is 12.0 Å². The normalized spacial score (nSPS) is 19.4. The fourth-order valence-corrected chi connectivity index (χ4v) is 3.32. The van der Waals surface area contributed by atoms with Crippen LogP contribution >= 0.6 is 0 Å². The van der Waals surface area contributed by atoms with Gasteiger partial charge in [-0.3, -0.25) is 4.79 Å². The topological polar surface area (TPSA) is 84.7 Å². The Labute approximate surface area is 177 Å². The molecule has 0 radical (unpaired) electrons. The fraction of sp³-hybridized carbons (Fsp3) is 0.476. The van der Waals surface area contributed by atoms with Gasteiger partial charge in [0.25, 0.3) is 5.89 Å². The van der Waals surface area contributed by atoms with E-state index in [0.29, 0.717) is 6.42 Å². The Morgan fingerprint density at radius 2 is 1.97 bits per heavy atom. The van der Waals surface area contributed by atoms with Gasteiger partial charge in [0.05, 0.1) is 11.8 Å². The highest BCUT2D eigenvalue weighted by Gasteiger charge is 2.36. The van der Waals surface area contributed by atoms with Crippen LogP contribution in [0, 0.1) is 0 Å². The number of rotatable bonds is 3. The highest BCUT2D eigenvalue weighted by molar-refractivity contribution is 5.90. The molecule has 1 aliphatic rings. The third-order valence-corrected chi connectivity index (χ3v) is 4.71. The first-order valence-corrected chi connectivity index (χ1v) is 9.77. The molecule has 0 bridgehead atoms. The molecule has 2 heterocycles. The molecule has 0 unspecified atom stereocenters. The van der Waals surface area contributed by atoms with E-state index in [1.807, 2.05) is 6.92 Å². The van der Waals surface area contributed by atoms with E-state index in [1.165, 1.54) is 18.3 Å². The van der Waals surface area contributed by atoms with Crippen LogP contribution in [0.3, 0.4) is 0 Å². The van der Waals surface area contributed by atoms with Gasteiger partial charge in [-0.1, -0.05) is 12.1 Å². The third kappa shape index (κ3) is 5.56. The Morgan fingerprint density at radius 1 is 1.26 bits per heavy atom. The summed E-state index contributed by atoms with van der Waals surface area (Å²) in [6.07, 6.45) is -3.23. The zero-order valence-corrected chi connectivity index (χ0v) is 17.6. The van der Waals surface area contributed by atoms with Crippen LogP contribution in [-0.4, -0.2) is 46.1 Å². The van der Waals surface area contributed by atoms with Crippen LogP contribution in [0.4, 0.5) is 18.0 Å². The summed E-state index contributed by atoms with van der Waals surface area (Å²) >= 11 is 0.